The molecule has 0 bridgehead atoms. The van der Waals surface area contributed by atoms with Crippen molar-refractivity contribution in [3.05, 3.63) is 35.1 Å². The van der Waals surface area contributed by atoms with Crippen molar-refractivity contribution in [3.63, 3.8) is 0 Å². The Hall–Kier alpha value is -2.41. The van der Waals surface area contributed by atoms with Gasteiger partial charge in [-0.3, -0.25) is 10.1 Å². The Kier molecular flexibility index (Phi) is 4.31. The van der Waals surface area contributed by atoms with Crippen molar-refractivity contribution in [3.8, 4) is 11.8 Å². The number of amides is 1. The smallest absolute Gasteiger partial charge is 0.259 e. The molecule has 0 aromatic carbocycles. The van der Waals surface area contributed by atoms with Crippen LogP contribution in [0.4, 0.5) is 5.95 Å². The van der Waals surface area contributed by atoms with Crippen molar-refractivity contribution in [2.45, 2.75) is 0 Å². The molecule has 2 aromatic rings. The first-order chi connectivity index (χ1) is 9.62. The summed E-state index contributed by atoms with van der Waals surface area (Å²) < 4.78 is 9.98. The van der Waals surface area contributed by atoms with Gasteiger partial charge in [-0.15, -0.1) is 0 Å². The number of hydrogen-bond acceptors (Lipinski definition) is 6. The topological polar surface area (TPSA) is 86.2 Å². The van der Waals surface area contributed by atoms with E-state index in [1.807, 2.05) is 0 Å². The standard InChI is InChI=1S/C12H11ClN4O3/c1-19-9-5-10(20-2)16-12(15-9)17-11(18)7-3-4-8(13)14-6-7/h3-6H,1-2H3,(H,15,16,17,18). The minimum absolute atomic E-state index is 0.0705. The van der Waals surface area contributed by atoms with Gasteiger partial charge in [0.25, 0.3) is 5.91 Å². The van der Waals surface area contributed by atoms with Gasteiger partial charge in [0.2, 0.25) is 17.7 Å². The number of anilines is 1. The molecular weight excluding hydrogens is 284 g/mol. The Morgan fingerprint density at radius 1 is 1.20 bits per heavy atom. The number of pyridine rings is 1. The number of nitrogens with zero attached hydrogens (tertiary/aromatic N) is 3. The number of methoxy groups -OCH3 is 2. The van der Waals surface area contributed by atoms with Gasteiger partial charge in [0.15, 0.2) is 0 Å². The number of carbonyl (C=O) groups is 1. The second kappa shape index (κ2) is 6.16. The largest absolute Gasteiger partial charge is 0.481 e. The van der Waals surface area contributed by atoms with Crippen LogP contribution < -0.4 is 14.8 Å². The van der Waals surface area contributed by atoms with Crippen LogP contribution in [0.1, 0.15) is 10.4 Å². The molecule has 0 aliphatic carbocycles. The number of halogens is 1. The summed E-state index contributed by atoms with van der Waals surface area (Å²) in [5.41, 5.74) is 0.333. The monoisotopic (exact) mass is 294 g/mol. The second-order valence-corrected chi connectivity index (χ2v) is 3.99. The normalized spacial score (nSPS) is 9.95. The molecule has 0 atom stereocenters. The number of hydrogen-bond donors (Lipinski definition) is 1. The van der Waals surface area contributed by atoms with Gasteiger partial charge in [-0.1, -0.05) is 11.6 Å². The quantitative estimate of drug-likeness (QED) is 0.865. The number of nitrogens with one attached hydrogen (secondary N) is 1. The van der Waals surface area contributed by atoms with Crippen LogP contribution in [0.25, 0.3) is 0 Å². The van der Waals surface area contributed by atoms with Crippen molar-refractivity contribution in [1.29, 1.82) is 0 Å². The first-order valence-electron chi connectivity index (χ1n) is 5.52. The van der Waals surface area contributed by atoms with Gasteiger partial charge in [0.1, 0.15) is 5.15 Å². The molecule has 0 aliphatic rings. The number of aromatic nitrogens is 3. The van der Waals surface area contributed by atoms with Crippen molar-refractivity contribution in [2.24, 2.45) is 0 Å². The van der Waals surface area contributed by atoms with E-state index in [1.54, 1.807) is 6.07 Å². The van der Waals surface area contributed by atoms with Crippen molar-refractivity contribution in [1.82, 2.24) is 15.0 Å². The molecule has 8 heteroatoms. The Balaban J connectivity index is 2.20. The molecule has 2 aromatic heterocycles. The Morgan fingerprint density at radius 3 is 2.35 bits per heavy atom. The molecule has 0 unspecified atom stereocenters. The highest BCUT2D eigenvalue weighted by Crippen LogP contribution is 2.17. The molecule has 104 valence electrons. The molecule has 0 fully saturated rings. The van der Waals surface area contributed by atoms with Gasteiger partial charge in [-0.05, 0) is 12.1 Å². The summed E-state index contributed by atoms with van der Waals surface area (Å²) in [5, 5.41) is 2.83. The van der Waals surface area contributed by atoms with Crippen LogP contribution in [-0.2, 0) is 0 Å². The van der Waals surface area contributed by atoms with Crippen LogP contribution in [0, 0.1) is 0 Å². The summed E-state index contributed by atoms with van der Waals surface area (Å²) in [6, 6.07) is 4.56. The highest BCUT2D eigenvalue weighted by molar-refractivity contribution is 6.29. The van der Waals surface area contributed by atoms with Gasteiger partial charge in [-0.25, -0.2) is 4.98 Å². The van der Waals surface area contributed by atoms with E-state index in [-0.39, 0.29) is 17.7 Å². The zero-order chi connectivity index (χ0) is 14.5. The zero-order valence-electron chi connectivity index (χ0n) is 10.8. The minimum atomic E-state index is -0.413. The Morgan fingerprint density at radius 2 is 1.85 bits per heavy atom. The predicted octanol–water partition coefficient (Wildman–Crippen LogP) is 1.79. The lowest BCUT2D eigenvalue weighted by atomic mass is 10.3. The molecule has 20 heavy (non-hydrogen) atoms. The summed E-state index contributed by atoms with van der Waals surface area (Å²) in [5.74, 6) is 0.216. The zero-order valence-corrected chi connectivity index (χ0v) is 11.5. The van der Waals surface area contributed by atoms with Crippen molar-refractivity contribution >= 4 is 23.5 Å². The molecule has 2 heterocycles. The van der Waals surface area contributed by atoms with E-state index in [2.05, 4.69) is 20.3 Å². The molecule has 1 N–H and O–H groups in total. The molecule has 0 saturated heterocycles. The Labute approximate surface area is 119 Å². The Bertz CT molecular complexity index is 596. The lowest BCUT2D eigenvalue weighted by Crippen LogP contribution is -2.15. The molecule has 2 rings (SSSR count). The maximum Gasteiger partial charge on any atom is 0.259 e. The summed E-state index contributed by atoms with van der Waals surface area (Å²) >= 11 is 5.66. The SMILES string of the molecule is COc1cc(OC)nc(NC(=O)c2ccc(Cl)nc2)n1. The van der Waals surface area contributed by atoms with Gasteiger partial charge >= 0.3 is 0 Å². The number of ether oxygens (including phenoxy) is 2. The average molecular weight is 295 g/mol. The van der Waals surface area contributed by atoms with Crippen molar-refractivity contribution in [2.75, 3.05) is 19.5 Å². The summed E-state index contributed by atoms with van der Waals surface area (Å²) in [6.07, 6.45) is 1.36. The van der Waals surface area contributed by atoms with E-state index in [4.69, 9.17) is 21.1 Å². The van der Waals surface area contributed by atoms with E-state index in [0.29, 0.717) is 10.7 Å². The lowest BCUT2D eigenvalue weighted by Gasteiger charge is -2.07. The van der Waals surface area contributed by atoms with E-state index >= 15 is 0 Å². The average Bonchev–Trinajstić information content (AvgIpc) is 2.47. The lowest BCUT2D eigenvalue weighted by molar-refractivity contribution is 0.102. The highest BCUT2D eigenvalue weighted by Gasteiger charge is 2.11. The minimum Gasteiger partial charge on any atom is -0.481 e. The van der Waals surface area contributed by atoms with Crippen LogP contribution >= 0.6 is 11.6 Å². The summed E-state index contributed by atoms with van der Waals surface area (Å²) in [4.78, 5) is 23.8. The van der Waals surface area contributed by atoms with Crippen LogP contribution in [-0.4, -0.2) is 35.1 Å². The third kappa shape index (κ3) is 3.33. The first kappa shape index (κ1) is 14.0. The van der Waals surface area contributed by atoms with E-state index in [9.17, 15) is 4.79 Å². The molecule has 7 nitrogen and oxygen atoms in total. The maximum absolute atomic E-state index is 12.0. The van der Waals surface area contributed by atoms with E-state index in [1.165, 1.54) is 32.5 Å². The second-order valence-electron chi connectivity index (χ2n) is 3.60. The fraction of sp³-hybridized carbons (Fsp3) is 0.167. The van der Waals surface area contributed by atoms with Crippen LogP contribution in [0.2, 0.25) is 5.15 Å². The maximum atomic E-state index is 12.0. The molecule has 0 radical (unpaired) electrons. The molecular formula is C12H11ClN4O3. The molecule has 0 spiro atoms. The number of rotatable bonds is 4. The van der Waals surface area contributed by atoms with Gasteiger partial charge < -0.3 is 9.47 Å². The number of carbonyl (C=O) groups excluding carboxylic acids is 1. The fourth-order valence-electron chi connectivity index (χ4n) is 1.35. The third-order valence-corrected chi connectivity index (χ3v) is 2.54. The molecule has 0 saturated carbocycles. The van der Waals surface area contributed by atoms with Gasteiger partial charge in [-0.2, -0.15) is 9.97 Å². The van der Waals surface area contributed by atoms with Crippen LogP contribution in [0.3, 0.4) is 0 Å². The molecule has 0 aliphatic heterocycles. The van der Waals surface area contributed by atoms with Gasteiger partial charge in [0.05, 0.1) is 25.8 Å². The third-order valence-electron chi connectivity index (χ3n) is 2.31. The highest BCUT2D eigenvalue weighted by atomic mass is 35.5. The van der Waals surface area contributed by atoms with Crippen LogP contribution in [0.15, 0.2) is 24.4 Å². The predicted molar refractivity (Wildman–Crippen MR) is 72.3 cm³/mol. The fourth-order valence-corrected chi connectivity index (χ4v) is 1.46. The van der Waals surface area contributed by atoms with E-state index in [0.717, 1.165) is 0 Å². The summed E-state index contributed by atoms with van der Waals surface area (Å²) in [7, 11) is 2.91. The molecule has 1 amide bonds. The van der Waals surface area contributed by atoms with Gasteiger partial charge in [0, 0.05) is 6.20 Å². The first-order valence-corrected chi connectivity index (χ1v) is 5.90. The van der Waals surface area contributed by atoms with E-state index < -0.39 is 5.91 Å². The summed E-state index contributed by atoms with van der Waals surface area (Å²) in [6.45, 7) is 0. The van der Waals surface area contributed by atoms with Crippen molar-refractivity contribution < 1.29 is 14.3 Å². The van der Waals surface area contributed by atoms with Crippen LogP contribution in [0.5, 0.6) is 11.8 Å².